The number of aryl methyl sites for hydroxylation is 1. The molecule has 2 rings (SSSR count). The number of hydrogen-bond acceptors (Lipinski definition) is 3. The molecule has 5 nitrogen and oxygen atoms in total. The van der Waals surface area contributed by atoms with Crippen LogP contribution in [0.2, 0.25) is 0 Å². The topological polar surface area (TPSA) is 47.7 Å². The summed E-state index contributed by atoms with van der Waals surface area (Å²) in [5.41, 5.74) is 2.45. The highest BCUT2D eigenvalue weighted by Crippen LogP contribution is 2.08. The normalized spacial score (nSPS) is 12.9. The molecule has 2 heterocycles. The molecular formula is C12H18BrN5. The van der Waals surface area contributed by atoms with E-state index >= 15 is 0 Å². The third-order valence-corrected chi connectivity index (χ3v) is 3.45. The Morgan fingerprint density at radius 3 is 2.72 bits per heavy atom. The Labute approximate surface area is 115 Å². The molecular weight excluding hydrogens is 294 g/mol. The van der Waals surface area contributed by atoms with Crippen LogP contribution < -0.4 is 5.32 Å². The summed E-state index contributed by atoms with van der Waals surface area (Å²) in [6.45, 7) is 5.93. The Balaban J connectivity index is 1.85. The molecule has 0 aliphatic rings. The Kier molecular flexibility index (Phi) is 4.19. The van der Waals surface area contributed by atoms with Gasteiger partial charge in [0.2, 0.25) is 0 Å². The minimum atomic E-state index is 0.358. The number of rotatable bonds is 5. The number of hydrogen-bond donors (Lipinski definition) is 1. The molecule has 18 heavy (non-hydrogen) atoms. The van der Waals surface area contributed by atoms with Gasteiger partial charge in [-0.05, 0) is 29.8 Å². The molecule has 0 fully saturated rings. The van der Waals surface area contributed by atoms with Crippen LogP contribution in [0.3, 0.4) is 0 Å². The second-order valence-electron chi connectivity index (χ2n) is 4.54. The van der Waals surface area contributed by atoms with Crippen LogP contribution in [0.1, 0.15) is 18.2 Å². The number of nitrogens with one attached hydrogen (secondary N) is 1. The highest BCUT2D eigenvalue weighted by molar-refractivity contribution is 9.10. The minimum Gasteiger partial charge on any atom is -0.308 e. The van der Waals surface area contributed by atoms with E-state index in [-0.39, 0.29) is 0 Å². The van der Waals surface area contributed by atoms with Crippen molar-refractivity contribution in [3.63, 3.8) is 0 Å². The first-order chi connectivity index (χ1) is 8.56. The van der Waals surface area contributed by atoms with Crippen molar-refractivity contribution in [3.05, 3.63) is 34.3 Å². The standard InChI is InChI=1S/C12H18BrN5/c1-9(7-18-8-12(13)6-16-18)14-4-11-5-15-17(3)10(11)2/h5-6,8-9,14H,4,7H2,1-3H3/t9-/m1/s1. The zero-order valence-electron chi connectivity index (χ0n) is 10.9. The van der Waals surface area contributed by atoms with E-state index in [1.54, 1.807) is 6.20 Å². The molecule has 6 heteroatoms. The quantitative estimate of drug-likeness (QED) is 0.917. The molecule has 98 valence electrons. The van der Waals surface area contributed by atoms with E-state index in [2.05, 4.69) is 45.3 Å². The van der Waals surface area contributed by atoms with Crippen molar-refractivity contribution in [1.29, 1.82) is 0 Å². The summed E-state index contributed by atoms with van der Waals surface area (Å²) in [6.07, 6.45) is 5.70. The Bertz CT molecular complexity index is 516. The summed E-state index contributed by atoms with van der Waals surface area (Å²) in [4.78, 5) is 0. The highest BCUT2D eigenvalue weighted by Gasteiger charge is 2.07. The molecule has 1 N–H and O–H groups in total. The van der Waals surface area contributed by atoms with Crippen LogP contribution in [-0.2, 0) is 20.1 Å². The molecule has 0 amide bonds. The van der Waals surface area contributed by atoms with Gasteiger partial charge in [-0.15, -0.1) is 0 Å². The molecule has 0 aromatic carbocycles. The van der Waals surface area contributed by atoms with Crippen molar-refractivity contribution >= 4 is 15.9 Å². The first kappa shape index (κ1) is 13.3. The fourth-order valence-electron chi connectivity index (χ4n) is 1.79. The van der Waals surface area contributed by atoms with Gasteiger partial charge in [0.05, 0.1) is 23.4 Å². The first-order valence-electron chi connectivity index (χ1n) is 5.95. The third-order valence-electron chi connectivity index (χ3n) is 3.04. The van der Waals surface area contributed by atoms with Crippen LogP contribution >= 0.6 is 15.9 Å². The second kappa shape index (κ2) is 5.67. The second-order valence-corrected chi connectivity index (χ2v) is 5.46. The lowest BCUT2D eigenvalue weighted by atomic mass is 10.2. The molecule has 2 aromatic heterocycles. The van der Waals surface area contributed by atoms with Crippen LogP contribution in [0.15, 0.2) is 23.1 Å². The third kappa shape index (κ3) is 3.20. The predicted molar refractivity (Wildman–Crippen MR) is 74.2 cm³/mol. The van der Waals surface area contributed by atoms with Crippen LogP contribution in [0.5, 0.6) is 0 Å². The summed E-state index contributed by atoms with van der Waals surface area (Å²) in [6, 6.07) is 0.358. The summed E-state index contributed by atoms with van der Waals surface area (Å²) >= 11 is 3.40. The summed E-state index contributed by atoms with van der Waals surface area (Å²) in [5, 5.41) is 12.0. The Hall–Kier alpha value is -1.14. The van der Waals surface area contributed by atoms with Gasteiger partial charge in [-0.25, -0.2) is 0 Å². The lowest BCUT2D eigenvalue weighted by Gasteiger charge is -2.13. The van der Waals surface area contributed by atoms with Crippen LogP contribution in [0, 0.1) is 6.92 Å². The van der Waals surface area contributed by atoms with E-state index in [9.17, 15) is 0 Å². The molecule has 0 radical (unpaired) electrons. The summed E-state index contributed by atoms with van der Waals surface area (Å²) in [5.74, 6) is 0. The average molecular weight is 312 g/mol. The van der Waals surface area contributed by atoms with Crippen molar-refractivity contribution < 1.29 is 0 Å². The molecule has 1 atom stereocenters. The van der Waals surface area contributed by atoms with Crippen LogP contribution in [-0.4, -0.2) is 25.6 Å². The van der Waals surface area contributed by atoms with Crippen molar-refractivity contribution in [3.8, 4) is 0 Å². The maximum atomic E-state index is 4.25. The Morgan fingerprint density at radius 2 is 2.17 bits per heavy atom. The SMILES string of the molecule is Cc1c(CN[C@H](C)Cn2cc(Br)cn2)cnn1C. The highest BCUT2D eigenvalue weighted by atomic mass is 79.9. The summed E-state index contributed by atoms with van der Waals surface area (Å²) in [7, 11) is 1.96. The maximum Gasteiger partial charge on any atom is 0.0632 e. The average Bonchev–Trinajstić information content (AvgIpc) is 2.86. The van der Waals surface area contributed by atoms with Gasteiger partial charge < -0.3 is 5.32 Å². The maximum absolute atomic E-state index is 4.25. The zero-order valence-corrected chi connectivity index (χ0v) is 12.5. The predicted octanol–water partition coefficient (Wildman–Crippen LogP) is 1.87. The molecule has 0 spiro atoms. The van der Waals surface area contributed by atoms with Gasteiger partial charge in [0.25, 0.3) is 0 Å². The monoisotopic (exact) mass is 311 g/mol. The van der Waals surface area contributed by atoms with Gasteiger partial charge in [0, 0.05) is 37.1 Å². The number of halogens is 1. The van der Waals surface area contributed by atoms with Gasteiger partial charge in [0.15, 0.2) is 0 Å². The van der Waals surface area contributed by atoms with E-state index in [1.165, 1.54) is 11.3 Å². The molecule has 0 unspecified atom stereocenters. The minimum absolute atomic E-state index is 0.358. The number of nitrogens with zero attached hydrogens (tertiary/aromatic N) is 4. The Morgan fingerprint density at radius 1 is 1.39 bits per heavy atom. The smallest absolute Gasteiger partial charge is 0.0632 e. The van der Waals surface area contributed by atoms with Crippen molar-refractivity contribution in [2.45, 2.75) is 33.0 Å². The van der Waals surface area contributed by atoms with Crippen LogP contribution in [0.25, 0.3) is 0 Å². The van der Waals surface area contributed by atoms with E-state index in [0.717, 1.165) is 17.6 Å². The fourth-order valence-corrected chi connectivity index (χ4v) is 2.11. The largest absolute Gasteiger partial charge is 0.308 e. The lowest BCUT2D eigenvalue weighted by molar-refractivity contribution is 0.450. The lowest BCUT2D eigenvalue weighted by Crippen LogP contribution is -2.30. The molecule has 0 aliphatic heterocycles. The molecule has 0 bridgehead atoms. The van der Waals surface area contributed by atoms with E-state index < -0.39 is 0 Å². The number of aromatic nitrogens is 4. The van der Waals surface area contributed by atoms with E-state index in [0.29, 0.717) is 6.04 Å². The van der Waals surface area contributed by atoms with Crippen LogP contribution in [0.4, 0.5) is 0 Å². The van der Waals surface area contributed by atoms with Gasteiger partial charge in [0.1, 0.15) is 0 Å². The van der Waals surface area contributed by atoms with Crippen molar-refractivity contribution in [1.82, 2.24) is 24.9 Å². The molecule has 0 saturated heterocycles. The zero-order chi connectivity index (χ0) is 13.1. The van der Waals surface area contributed by atoms with Crippen molar-refractivity contribution in [2.75, 3.05) is 0 Å². The van der Waals surface area contributed by atoms with Gasteiger partial charge >= 0.3 is 0 Å². The molecule has 0 aliphatic carbocycles. The van der Waals surface area contributed by atoms with E-state index in [1.807, 2.05) is 28.8 Å². The fraction of sp³-hybridized carbons (Fsp3) is 0.500. The van der Waals surface area contributed by atoms with Crippen molar-refractivity contribution in [2.24, 2.45) is 7.05 Å². The van der Waals surface area contributed by atoms with Gasteiger partial charge in [-0.2, -0.15) is 10.2 Å². The van der Waals surface area contributed by atoms with Gasteiger partial charge in [-0.1, -0.05) is 0 Å². The summed E-state index contributed by atoms with van der Waals surface area (Å²) < 4.78 is 4.84. The molecule has 0 saturated carbocycles. The first-order valence-corrected chi connectivity index (χ1v) is 6.74. The molecule has 2 aromatic rings. The van der Waals surface area contributed by atoms with E-state index in [4.69, 9.17) is 0 Å². The van der Waals surface area contributed by atoms with Gasteiger partial charge in [-0.3, -0.25) is 9.36 Å².